The van der Waals surface area contributed by atoms with Gasteiger partial charge in [-0.15, -0.1) is 0 Å². The number of anilines is 1. The third kappa shape index (κ3) is 7.16. The van der Waals surface area contributed by atoms with Crippen LogP contribution in [-0.4, -0.2) is 54.7 Å². The van der Waals surface area contributed by atoms with E-state index in [1.807, 2.05) is 6.07 Å². The van der Waals surface area contributed by atoms with Crippen LogP contribution < -0.4 is 11.0 Å². The van der Waals surface area contributed by atoms with Crippen molar-refractivity contribution >= 4 is 55.9 Å². The van der Waals surface area contributed by atoms with Crippen molar-refractivity contribution < 1.29 is 18.4 Å². The molecule has 40 heavy (non-hydrogen) atoms. The number of aromatic nitrogens is 2. The summed E-state index contributed by atoms with van der Waals surface area (Å²) in [6.07, 6.45) is -0.543. The highest BCUT2D eigenvalue weighted by Crippen LogP contribution is 2.52. The Hall–Kier alpha value is -1.35. The van der Waals surface area contributed by atoms with Gasteiger partial charge in [0.2, 0.25) is 0 Å². The van der Waals surface area contributed by atoms with E-state index in [-0.39, 0.29) is 28.4 Å². The molecule has 222 valence electrons. The molecule has 12 heteroatoms. The van der Waals surface area contributed by atoms with Crippen molar-refractivity contribution in [2.24, 2.45) is 0 Å². The van der Waals surface area contributed by atoms with Crippen molar-refractivity contribution in [3.8, 4) is 0 Å². The van der Waals surface area contributed by atoms with Crippen LogP contribution in [0.25, 0.3) is 0 Å². The summed E-state index contributed by atoms with van der Waals surface area (Å²) in [6.45, 7) is 22.0. The van der Waals surface area contributed by atoms with E-state index in [4.69, 9.17) is 25.2 Å². The topological polar surface area (TPSA) is 91.7 Å². The van der Waals surface area contributed by atoms with Crippen molar-refractivity contribution in [3.63, 3.8) is 0 Å². The molecule has 0 unspecified atom stereocenters. The van der Waals surface area contributed by atoms with Gasteiger partial charge in [0.05, 0.1) is 6.61 Å². The monoisotopic (exact) mass is 671 g/mol. The first-order valence-electron chi connectivity index (χ1n) is 13.5. The minimum absolute atomic E-state index is 0.00805. The van der Waals surface area contributed by atoms with E-state index >= 15 is 0 Å². The van der Waals surface area contributed by atoms with Gasteiger partial charge in [0, 0.05) is 11.8 Å². The third-order valence-electron chi connectivity index (χ3n) is 8.35. The summed E-state index contributed by atoms with van der Waals surface area (Å²) >= 11 is 10.9. The standard InChI is InChI=1S/C28H43BrClN3O5Si2/c1-26(2,3)39(7,8)36-18-20-22(38-40(9,10)27(4,5)6)28(29,30)24(37-20)33-17-16-21(32-25(33)35)31-23(34)19-14-12-11-13-15-19/h11-17,20,22,24H,18H2,1-10H3,(H,31,32,34,35)/t20-,22-,24-,28+/m1/s1. The highest BCUT2D eigenvalue weighted by molar-refractivity contribution is 9.10. The van der Waals surface area contributed by atoms with E-state index in [1.165, 1.54) is 10.8 Å². The third-order valence-corrected chi connectivity index (χ3v) is 18.6. The lowest BCUT2D eigenvalue weighted by atomic mass is 10.2. The Kier molecular flexibility index (Phi) is 9.73. The molecular formula is C28H43BrClN3O5Si2. The van der Waals surface area contributed by atoms with Crippen LogP contribution in [0.1, 0.15) is 58.1 Å². The van der Waals surface area contributed by atoms with Gasteiger partial charge in [-0.3, -0.25) is 9.36 Å². The molecule has 0 aliphatic carbocycles. The molecule has 1 aromatic carbocycles. The molecule has 1 aliphatic heterocycles. The van der Waals surface area contributed by atoms with E-state index in [0.717, 1.165) is 0 Å². The molecule has 0 spiro atoms. The van der Waals surface area contributed by atoms with Gasteiger partial charge in [0.25, 0.3) is 5.91 Å². The van der Waals surface area contributed by atoms with Gasteiger partial charge in [-0.2, -0.15) is 4.98 Å². The van der Waals surface area contributed by atoms with E-state index in [0.29, 0.717) is 5.56 Å². The molecule has 2 heterocycles. The van der Waals surface area contributed by atoms with Gasteiger partial charge in [0.1, 0.15) is 18.0 Å². The summed E-state index contributed by atoms with van der Waals surface area (Å²) in [6, 6.07) is 10.3. The smallest absolute Gasteiger partial charge is 0.351 e. The first-order valence-corrected chi connectivity index (χ1v) is 20.5. The Morgan fingerprint density at radius 1 is 1.07 bits per heavy atom. The summed E-state index contributed by atoms with van der Waals surface area (Å²) in [7, 11) is -4.42. The first-order chi connectivity index (χ1) is 18.2. The van der Waals surface area contributed by atoms with Gasteiger partial charge >= 0.3 is 5.69 Å². The average molecular weight is 673 g/mol. The number of halogens is 2. The van der Waals surface area contributed by atoms with Crippen LogP contribution in [0.4, 0.5) is 5.82 Å². The number of benzene rings is 1. The minimum atomic E-state index is -2.30. The molecular weight excluding hydrogens is 630 g/mol. The molecule has 8 nitrogen and oxygen atoms in total. The van der Waals surface area contributed by atoms with Gasteiger partial charge in [-0.1, -0.05) is 87.3 Å². The Bertz CT molecular complexity index is 1260. The maximum atomic E-state index is 13.2. The summed E-state index contributed by atoms with van der Waals surface area (Å²) in [4.78, 5) is 29.9. The lowest BCUT2D eigenvalue weighted by Crippen LogP contribution is -2.52. The van der Waals surface area contributed by atoms with Crippen molar-refractivity contribution in [1.29, 1.82) is 0 Å². The molecule has 1 fully saturated rings. The number of hydrogen-bond acceptors (Lipinski definition) is 6. The Labute approximate surface area is 253 Å². The number of alkyl halides is 2. The molecule has 1 aliphatic rings. The average Bonchev–Trinajstić information content (AvgIpc) is 3.06. The number of ether oxygens (including phenoxy) is 1. The SMILES string of the molecule is CC(C)(C)[Si](C)(C)OC[C@H]1O[C@@H](n2ccc(NC(=O)c3ccccc3)nc2=O)[C@](Cl)(Br)[C@@H]1O[Si](C)(C)C(C)(C)C. The largest absolute Gasteiger partial charge is 0.414 e. The zero-order valence-electron chi connectivity index (χ0n) is 25.2. The van der Waals surface area contributed by atoms with Crippen LogP contribution in [0, 0.1) is 0 Å². The quantitative estimate of drug-likeness (QED) is 0.237. The predicted octanol–water partition coefficient (Wildman–Crippen LogP) is 7.14. The molecule has 1 saturated heterocycles. The molecule has 0 radical (unpaired) electrons. The van der Waals surface area contributed by atoms with Crippen molar-refractivity contribution in [1.82, 2.24) is 9.55 Å². The second kappa shape index (κ2) is 11.7. The normalized spacial score (nSPS) is 24.2. The number of amides is 1. The molecule has 0 bridgehead atoms. The number of carbonyl (C=O) groups excluding carboxylic acids is 1. The molecule has 2 aromatic rings. The van der Waals surface area contributed by atoms with Crippen LogP contribution in [0.2, 0.25) is 36.3 Å². The van der Waals surface area contributed by atoms with Gasteiger partial charge in [0.15, 0.2) is 26.6 Å². The fraction of sp³-hybridized carbons (Fsp3) is 0.607. The number of nitrogens with zero attached hydrogens (tertiary/aromatic N) is 2. The number of rotatable bonds is 8. The van der Waals surface area contributed by atoms with Crippen LogP contribution in [0.15, 0.2) is 47.4 Å². The van der Waals surface area contributed by atoms with Crippen molar-refractivity contribution in [2.75, 3.05) is 11.9 Å². The fourth-order valence-electron chi connectivity index (χ4n) is 3.69. The maximum absolute atomic E-state index is 13.2. The van der Waals surface area contributed by atoms with Gasteiger partial charge in [-0.05, 0) is 54.5 Å². The summed E-state index contributed by atoms with van der Waals surface area (Å²) in [5.41, 5.74) is -0.152. The second-order valence-electron chi connectivity index (χ2n) is 13.4. The van der Waals surface area contributed by atoms with E-state index < -0.39 is 44.5 Å². The number of nitrogens with one attached hydrogen (secondary N) is 1. The molecule has 3 rings (SSSR count). The first kappa shape index (κ1) is 33.2. The lowest BCUT2D eigenvalue weighted by Gasteiger charge is -2.42. The van der Waals surface area contributed by atoms with Gasteiger partial charge in [-0.25, -0.2) is 4.79 Å². The zero-order chi connectivity index (χ0) is 30.3. The van der Waals surface area contributed by atoms with Crippen LogP contribution in [0.3, 0.4) is 0 Å². The molecule has 1 aromatic heterocycles. The van der Waals surface area contributed by atoms with E-state index in [1.54, 1.807) is 30.3 Å². The van der Waals surface area contributed by atoms with Crippen LogP contribution >= 0.6 is 27.5 Å². The fourth-order valence-corrected chi connectivity index (χ4v) is 7.33. The minimum Gasteiger partial charge on any atom is -0.414 e. The Balaban J connectivity index is 1.92. The molecule has 1 N–H and O–H groups in total. The lowest BCUT2D eigenvalue weighted by molar-refractivity contribution is -0.0413. The highest BCUT2D eigenvalue weighted by atomic mass is 79.9. The van der Waals surface area contributed by atoms with Gasteiger partial charge < -0.3 is 18.9 Å². The van der Waals surface area contributed by atoms with Crippen molar-refractivity contribution in [3.05, 3.63) is 58.6 Å². The molecule has 1 amide bonds. The van der Waals surface area contributed by atoms with E-state index in [9.17, 15) is 9.59 Å². The number of hydrogen-bond donors (Lipinski definition) is 1. The number of carbonyl (C=O) groups is 1. The van der Waals surface area contributed by atoms with E-state index in [2.05, 4.69) is 94.0 Å². The van der Waals surface area contributed by atoms with Crippen LogP contribution in [0.5, 0.6) is 0 Å². The molecule has 4 atom stereocenters. The Morgan fingerprint density at radius 3 is 2.17 bits per heavy atom. The van der Waals surface area contributed by atoms with Crippen LogP contribution in [-0.2, 0) is 13.6 Å². The summed E-state index contributed by atoms with van der Waals surface area (Å²) in [5, 5.41) is 2.60. The highest BCUT2D eigenvalue weighted by Gasteiger charge is 2.59. The summed E-state index contributed by atoms with van der Waals surface area (Å²) < 4.78 is 19.9. The zero-order valence-corrected chi connectivity index (χ0v) is 29.5. The second-order valence-corrected chi connectivity index (χ2v) is 25.4. The predicted molar refractivity (Wildman–Crippen MR) is 170 cm³/mol. The molecule has 0 saturated carbocycles. The maximum Gasteiger partial charge on any atom is 0.351 e. The van der Waals surface area contributed by atoms with Crippen molar-refractivity contribution in [2.45, 2.75) is 100 Å². The Morgan fingerprint density at radius 2 is 1.65 bits per heavy atom. The summed E-state index contributed by atoms with van der Waals surface area (Å²) in [5.74, 6) is -0.227.